The highest BCUT2D eigenvalue weighted by atomic mass is 79.9. The number of nitro groups is 1. The molecule has 21 heavy (non-hydrogen) atoms. The molecule has 0 heterocycles. The van der Waals surface area contributed by atoms with Crippen molar-refractivity contribution < 1.29 is 9.66 Å². The van der Waals surface area contributed by atoms with Crippen LogP contribution in [0.25, 0.3) is 0 Å². The van der Waals surface area contributed by atoms with E-state index in [4.69, 9.17) is 16.3 Å². The van der Waals surface area contributed by atoms with Gasteiger partial charge < -0.3 is 10.1 Å². The van der Waals surface area contributed by atoms with Crippen LogP contribution in [0.5, 0.6) is 5.75 Å². The summed E-state index contributed by atoms with van der Waals surface area (Å²) in [4.78, 5) is 10.3. The molecular formula is C14H12BrClN2O3. The topological polar surface area (TPSA) is 64.4 Å². The number of benzene rings is 2. The van der Waals surface area contributed by atoms with E-state index in [0.717, 1.165) is 10.0 Å². The van der Waals surface area contributed by atoms with Gasteiger partial charge in [0.1, 0.15) is 0 Å². The quantitative estimate of drug-likeness (QED) is 0.614. The van der Waals surface area contributed by atoms with Crippen LogP contribution < -0.4 is 10.1 Å². The Labute approximate surface area is 135 Å². The Bertz CT molecular complexity index is 679. The van der Waals surface area contributed by atoms with Gasteiger partial charge in [-0.25, -0.2) is 0 Å². The summed E-state index contributed by atoms with van der Waals surface area (Å²) in [6, 6.07) is 9.92. The van der Waals surface area contributed by atoms with Crippen LogP contribution in [0.2, 0.25) is 5.02 Å². The summed E-state index contributed by atoms with van der Waals surface area (Å²) in [6.45, 7) is 0.421. The summed E-state index contributed by atoms with van der Waals surface area (Å²) in [5, 5.41) is 14.5. The molecule has 0 atom stereocenters. The van der Waals surface area contributed by atoms with Crippen molar-refractivity contribution in [2.24, 2.45) is 0 Å². The molecule has 0 unspecified atom stereocenters. The molecule has 5 nitrogen and oxygen atoms in total. The van der Waals surface area contributed by atoms with Gasteiger partial charge in [-0.3, -0.25) is 10.1 Å². The number of nitrogens with zero attached hydrogens (tertiary/aromatic N) is 1. The average molecular weight is 372 g/mol. The van der Waals surface area contributed by atoms with Gasteiger partial charge in [0.2, 0.25) is 0 Å². The molecule has 0 aliphatic carbocycles. The van der Waals surface area contributed by atoms with Crippen LogP contribution >= 0.6 is 27.5 Å². The number of hydrogen-bond donors (Lipinski definition) is 1. The molecule has 0 radical (unpaired) electrons. The highest BCUT2D eigenvalue weighted by molar-refractivity contribution is 9.10. The summed E-state index contributed by atoms with van der Waals surface area (Å²) < 4.78 is 6.04. The largest absolute Gasteiger partial charge is 0.493 e. The van der Waals surface area contributed by atoms with Gasteiger partial charge in [0.15, 0.2) is 5.75 Å². The summed E-state index contributed by atoms with van der Waals surface area (Å²) in [6.07, 6.45) is 0. The molecule has 0 aromatic heterocycles. The zero-order valence-electron chi connectivity index (χ0n) is 11.1. The maximum atomic E-state index is 10.8. The van der Waals surface area contributed by atoms with Gasteiger partial charge in [-0.05, 0) is 33.6 Å². The first kappa shape index (κ1) is 15.6. The highest BCUT2D eigenvalue weighted by Crippen LogP contribution is 2.36. The number of nitro benzene ring substituents is 1. The van der Waals surface area contributed by atoms with Crippen LogP contribution in [0.4, 0.5) is 11.4 Å². The van der Waals surface area contributed by atoms with Crippen LogP contribution in [-0.4, -0.2) is 12.0 Å². The Morgan fingerprint density at radius 3 is 2.81 bits per heavy atom. The molecule has 0 saturated heterocycles. The molecule has 0 aliphatic heterocycles. The SMILES string of the molecule is COc1c(Br)cc(Cl)cc1NCc1cccc([N+](=O)[O-])c1. The Hall–Kier alpha value is -1.79. The van der Waals surface area contributed by atoms with E-state index in [2.05, 4.69) is 21.2 Å². The fourth-order valence-corrected chi connectivity index (χ4v) is 2.85. The van der Waals surface area contributed by atoms with E-state index in [0.29, 0.717) is 23.0 Å². The summed E-state index contributed by atoms with van der Waals surface area (Å²) in [5.74, 6) is 0.629. The molecule has 1 N–H and O–H groups in total. The number of methoxy groups -OCH3 is 1. The lowest BCUT2D eigenvalue weighted by atomic mass is 10.2. The third-order valence-electron chi connectivity index (χ3n) is 2.82. The van der Waals surface area contributed by atoms with E-state index >= 15 is 0 Å². The third kappa shape index (κ3) is 3.86. The number of rotatable bonds is 5. The molecule has 0 bridgehead atoms. The fraction of sp³-hybridized carbons (Fsp3) is 0.143. The number of non-ortho nitro benzene ring substituents is 1. The van der Waals surface area contributed by atoms with E-state index in [9.17, 15) is 10.1 Å². The van der Waals surface area contributed by atoms with Gasteiger partial charge >= 0.3 is 0 Å². The number of nitrogens with one attached hydrogen (secondary N) is 1. The van der Waals surface area contributed by atoms with Gasteiger partial charge in [0.25, 0.3) is 5.69 Å². The summed E-state index contributed by atoms with van der Waals surface area (Å²) in [7, 11) is 1.56. The number of ether oxygens (including phenoxy) is 1. The van der Waals surface area contributed by atoms with E-state index in [-0.39, 0.29) is 5.69 Å². The second-order valence-electron chi connectivity index (χ2n) is 4.25. The lowest BCUT2D eigenvalue weighted by molar-refractivity contribution is -0.384. The van der Waals surface area contributed by atoms with E-state index in [1.54, 1.807) is 25.3 Å². The molecule has 110 valence electrons. The highest BCUT2D eigenvalue weighted by Gasteiger charge is 2.10. The van der Waals surface area contributed by atoms with Crippen molar-refractivity contribution in [3.8, 4) is 5.75 Å². The van der Waals surface area contributed by atoms with Crippen molar-refractivity contribution in [3.63, 3.8) is 0 Å². The van der Waals surface area contributed by atoms with Gasteiger partial charge in [-0.15, -0.1) is 0 Å². The first-order valence-electron chi connectivity index (χ1n) is 6.01. The molecule has 0 amide bonds. The Balaban J connectivity index is 2.20. The predicted octanol–water partition coefficient (Wildman–Crippen LogP) is 4.63. The fourth-order valence-electron chi connectivity index (χ4n) is 1.88. The van der Waals surface area contributed by atoms with Crippen molar-refractivity contribution in [2.45, 2.75) is 6.54 Å². The minimum absolute atomic E-state index is 0.0635. The summed E-state index contributed by atoms with van der Waals surface area (Å²) >= 11 is 9.39. The second kappa shape index (κ2) is 6.78. The molecule has 2 aromatic rings. The van der Waals surface area contributed by atoms with Crippen LogP contribution in [-0.2, 0) is 6.54 Å². The van der Waals surface area contributed by atoms with Crippen LogP contribution in [0.15, 0.2) is 40.9 Å². The molecule has 7 heteroatoms. The Morgan fingerprint density at radius 2 is 2.14 bits per heavy atom. The lowest BCUT2D eigenvalue weighted by Gasteiger charge is -2.13. The average Bonchev–Trinajstić information content (AvgIpc) is 2.45. The number of hydrogen-bond acceptors (Lipinski definition) is 4. The lowest BCUT2D eigenvalue weighted by Crippen LogP contribution is -2.02. The second-order valence-corrected chi connectivity index (χ2v) is 5.54. The van der Waals surface area contributed by atoms with Gasteiger partial charge in [0.05, 0.1) is 22.2 Å². The zero-order valence-corrected chi connectivity index (χ0v) is 13.4. The Kier molecular flexibility index (Phi) is 5.03. The summed E-state index contributed by atoms with van der Waals surface area (Å²) in [5.41, 5.74) is 1.57. The van der Waals surface area contributed by atoms with Crippen LogP contribution in [0, 0.1) is 10.1 Å². The maximum Gasteiger partial charge on any atom is 0.269 e. The molecule has 0 spiro atoms. The smallest absolute Gasteiger partial charge is 0.269 e. The van der Waals surface area contributed by atoms with Gasteiger partial charge in [0, 0.05) is 23.7 Å². The van der Waals surface area contributed by atoms with E-state index in [1.165, 1.54) is 12.1 Å². The molecular weight excluding hydrogens is 360 g/mol. The number of anilines is 1. The minimum atomic E-state index is -0.417. The third-order valence-corrected chi connectivity index (χ3v) is 3.62. The van der Waals surface area contributed by atoms with E-state index in [1.807, 2.05) is 6.07 Å². The Morgan fingerprint density at radius 1 is 1.38 bits per heavy atom. The maximum absolute atomic E-state index is 10.8. The molecule has 0 saturated carbocycles. The zero-order chi connectivity index (χ0) is 15.4. The van der Waals surface area contributed by atoms with E-state index < -0.39 is 4.92 Å². The van der Waals surface area contributed by atoms with Crippen molar-refractivity contribution in [2.75, 3.05) is 12.4 Å². The molecule has 2 rings (SSSR count). The first-order valence-corrected chi connectivity index (χ1v) is 7.18. The van der Waals surface area contributed by atoms with Crippen molar-refractivity contribution in [1.82, 2.24) is 0 Å². The monoisotopic (exact) mass is 370 g/mol. The molecule has 0 fully saturated rings. The number of halogens is 2. The van der Waals surface area contributed by atoms with Crippen LogP contribution in [0.1, 0.15) is 5.56 Å². The van der Waals surface area contributed by atoms with Crippen molar-refractivity contribution >= 4 is 38.9 Å². The standard InChI is InChI=1S/C14H12BrClN2O3/c1-21-14-12(15)6-10(16)7-13(14)17-8-9-3-2-4-11(5-9)18(19)20/h2-7,17H,8H2,1H3. The predicted molar refractivity (Wildman–Crippen MR) is 86.1 cm³/mol. The van der Waals surface area contributed by atoms with Crippen molar-refractivity contribution in [1.29, 1.82) is 0 Å². The molecule has 0 aliphatic rings. The van der Waals surface area contributed by atoms with Gasteiger partial charge in [-0.1, -0.05) is 23.7 Å². The minimum Gasteiger partial charge on any atom is -0.493 e. The molecule has 2 aromatic carbocycles. The van der Waals surface area contributed by atoms with Crippen LogP contribution in [0.3, 0.4) is 0 Å². The normalized spacial score (nSPS) is 10.2. The van der Waals surface area contributed by atoms with Crippen molar-refractivity contribution in [3.05, 3.63) is 61.6 Å². The van der Waals surface area contributed by atoms with Gasteiger partial charge in [-0.2, -0.15) is 0 Å². The first-order chi connectivity index (χ1) is 10.0.